The third-order valence-corrected chi connectivity index (χ3v) is 4.02. The van der Waals surface area contributed by atoms with Crippen LogP contribution in [0.3, 0.4) is 0 Å². The molecule has 0 aliphatic carbocycles. The van der Waals surface area contributed by atoms with E-state index >= 15 is 0 Å². The van der Waals surface area contributed by atoms with Gasteiger partial charge in [-0.3, -0.25) is 4.79 Å². The molecule has 3 nitrogen and oxygen atoms in total. The number of halogens is 2. The quantitative estimate of drug-likeness (QED) is 0.762. The van der Waals surface area contributed by atoms with Gasteiger partial charge in [-0.05, 0) is 68.9 Å². The largest absolute Gasteiger partial charge is 0.353 e. The molecular formula is C13H12BrIN2O. The molecule has 0 fully saturated rings. The van der Waals surface area contributed by atoms with Gasteiger partial charge in [0.15, 0.2) is 0 Å². The van der Waals surface area contributed by atoms with Crippen LogP contribution in [0.2, 0.25) is 0 Å². The lowest BCUT2D eigenvalue weighted by Gasteiger charge is -2.08. The van der Waals surface area contributed by atoms with Crippen LogP contribution in [-0.2, 0) is 13.6 Å². The van der Waals surface area contributed by atoms with Gasteiger partial charge in [0.2, 0.25) is 0 Å². The minimum Gasteiger partial charge on any atom is -0.353 e. The monoisotopic (exact) mass is 418 g/mol. The number of aryl methyl sites for hydroxylation is 1. The summed E-state index contributed by atoms with van der Waals surface area (Å²) in [6.45, 7) is 0.528. The fourth-order valence-electron chi connectivity index (χ4n) is 1.62. The van der Waals surface area contributed by atoms with Crippen LogP contribution in [0.15, 0.2) is 41.0 Å². The van der Waals surface area contributed by atoms with E-state index in [4.69, 9.17) is 0 Å². The first-order valence-corrected chi connectivity index (χ1v) is 7.28. The zero-order valence-corrected chi connectivity index (χ0v) is 13.5. The normalized spacial score (nSPS) is 10.4. The van der Waals surface area contributed by atoms with Crippen LogP contribution in [0.5, 0.6) is 0 Å². The molecule has 0 aliphatic rings. The molecule has 1 heterocycles. The minimum absolute atomic E-state index is 0.0680. The molecule has 0 saturated heterocycles. The van der Waals surface area contributed by atoms with Crippen molar-refractivity contribution in [3.8, 4) is 0 Å². The summed E-state index contributed by atoms with van der Waals surface area (Å²) in [6, 6.07) is 9.66. The van der Waals surface area contributed by atoms with Crippen molar-refractivity contribution in [3.05, 3.63) is 55.8 Å². The van der Waals surface area contributed by atoms with E-state index in [2.05, 4.69) is 43.8 Å². The molecule has 1 aromatic carbocycles. The first kappa shape index (κ1) is 13.6. The van der Waals surface area contributed by atoms with Gasteiger partial charge in [-0.25, -0.2) is 0 Å². The third kappa shape index (κ3) is 3.14. The van der Waals surface area contributed by atoms with E-state index in [1.807, 2.05) is 48.1 Å². The standard InChI is InChI=1S/C13H12BrIN2O/c1-17-6-2-3-10(17)8-16-13(18)11-7-9(15)4-5-12(11)14/h2-7H,8H2,1H3,(H,16,18). The van der Waals surface area contributed by atoms with Gasteiger partial charge in [-0.15, -0.1) is 0 Å². The first-order chi connectivity index (χ1) is 8.58. The van der Waals surface area contributed by atoms with Crippen molar-refractivity contribution in [2.24, 2.45) is 7.05 Å². The second-order valence-corrected chi connectivity index (χ2v) is 6.02. The number of carbonyl (C=O) groups is 1. The molecule has 0 saturated carbocycles. The van der Waals surface area contributed by atoms with E-state index in [1.165, 1.54) is 0 Å². The molecule has 0 atom stereocenters. The van der Waals surface area contributed by atoms with Crippen LogP contribution in [0.25, 0.3) is 0 Å². The highest BCUT2D eigenvalue weighted by molar-refractivity contribution is 14.1. The van der Waals surface area contributed by atoms with Gasteiger partial charge >= 0.3 is 0 Å². The number of aromatic nitrogens is 1. The van der Waals surface area contributed by atoms with E-state index in [9.17, 15) is 4.79 Å². The zero-order valence-electron chi connectivity index (χ0n) is 9.78. The van der Waals surface area contributed by atoms with Gasteiger partial charge in [0, 0.05) is 27.0 Å². The number of nitrogens with zero attached hydrogens (tertiary/aromatic N) is 1. The summed E-state index contributed by atoms with van der Waals surface area (Å²) >= 11 is 5.59. The van der Waals surface area contributed by atoms with Crippen molar-refractivity contribution in [1.29, 1.82) is 0 Å². The van der Waals surface area contributed by atoms with E-state index in [1.54, 1.807) is 0 Å². The van der Waals surface area contributed by atoms with Crippen molar-refractivity contribution in [2.45, 2.75) is 6.54 Å². The van der Waals surface area contributed by atoms with Gasteiger partial charge in [0.05, 0.1) is 12.1 Å². The summed E-state index contributed by atoms with van der Waals surface area (Å²) in [5.41, 5.74) is 1.74. The molecule has 2 rings (SSSR count). The van der Waals surface area contributed by atoms with Crippen LogP contribution < -0.4 is 5.32 Å². The number of hydrogen-bond donors (Lipinski definition) is 1. The Morgan fingerprint density at radius 1 is 1.44 bits per heavy atom. The van der Waals surface area contributed by atoms with Crippen LogP contribution in [0, 0.1) is 3.57 Å². The molecule has 2 aromatic rings. The maximum absolute atomic E-state index is 12.1. The highest BCUT2D eigenvalue weighted by Gasteiger charge is 2.10. The second-order valence-electron chi connectivity index (χ2n) is 3.92. The van der Waals surface area contributed by atoms with Gasteiger partial charge in [-0.1, -0.05) is 0 Å². The van der Waals surface area contributed by atoms with Crippen LogP contribution in [0.4, 0.5) is 0 Å². The molecule has 94 valence electrons. The lowest BCUT2D eigenvalue weighted by atomic mass is 10.2. The van der Waals surface area contributed by atoms with Gasteiger partial charge in [-0.2, -0.15) is 0 Å². The number of amides is 1. The average molecular weight is 419 g/mol. The molecule has 0 spiro atoms. The van der Waals surface area contributed by atoms with Gasteiger partial charge < -0.3 is 9.88 Å². The number of benzene rings is 1. The number of hydrogen-bond acceptors (Lipinski definition) is 1. The maximum Gasteiger partial charge on any atom is 0.252 e. The van der Waals surface area contributed by atoms with Gasteiger partial charge in [0.25, 0.3) is 5.91 Å². The summed E-state index contributed by atoms with van der Waals surface area (Å²) in [6.07, 6.45) is 1.96. The second kappa shape index (κ2) is 5.88. The van der Waals surface area contributed by atoms with Crippen LogP contribution in [-0.4, -0.2) is 10.5 Å². The van der Waals surface area contributed by atoms with E-state index in [0.29, 0.717) is 12.1 Å². The average Bonchev–Trinajstić information content (AvgIpc) is 2.75. The molecule has 5 heteroatoms. The summed E-state index contributed by atoms with van der Waals surface area (Å²) < 4.78 is 3.84. The first-order valence-electron chi connectivity index (χ1n) is 5.41. The predicted molar refractivity (Wildman–Crippen MR) is 83.4 cm³/mol. The van der Waals surface area contributed by atoms with Crippen molar-refractivity contribution < 1.29 is 4.79 Å². The number of carbonyl (C=O) groups excluding carboxylic acids is 1. The van der Waals surface area contributed by atoms with E-state index < -0.39 is 0 Å². The lowest BCUT2D eigenvalue weighted by Crippen LogP contribution is -2.24. The Labute approximate surface area is 128 Å². The van der Waals surface area contributed by atoms with Crippen LogP contribution in [0.1, 0.15) is 16.1 Å². The Balaban J connectivity index is 2.08. The summed E-state index contributed by atoms with van der Waals surface area (Å²) in [5.74, 6) is -0.0680. The summed E-state index contributed by atoms with van der Waals surface area (Å²) in [7, 11) is 1.96. The highest BCUT2D eigenvalue weighted by Crippen LogP contribution is 2.19. The Morgan fingerprint density at radius 3 is 2.89 bits per heavy atom. The molecule has 0 bridgehead atoms. The van der Waals surface area contributed by atoms with E-state index in [-0.39, 0.29) is 5.91 Å². The fraction of sp³-hybridized carbons (Fsp3) is 0.154. The Hall–Kier alpha value is -0.820. The van der Waals surface area contributed by atoms with Crippen LogP contribution >= 0.6 is 38.5 Å². The van der Waals surface area contributed by atoms with Crippen molar-refractivity contribution in [2.75, 3.05) is 0 Å². The smallest absolute Gasteiger partial charge is 0.252 e. The molecule has 0 aliphatic heterocycles. The van der Waals surface area contributed by atoms with E-state index in [0.717, 1.165) is 13.7 Å². The number of rotatable bonds is 3. The molecule has 0 radical (unpaired) electrons. The van der Waals surface area contributed by atoms with Crippen molar-refractivity contribution >= 4 is 44.4 Å². The number of nitrogens with one attached hydrogen (secondary N) is 1. The topological polar surface area (TPSA) is 34.0 Å². The van der Waals surface area contributed by atoms with Crippen molar-refractivity contribution in [3.63, 3.8) is 0 Å². The maximum atomic E-state index is 12.1. The highest BCUT2D eigenvalue weighted by atomic mass is 127. The zero-order chi connectivity index (χ0) is 13.1. The van der Waals surface area contributed by atoms with Crippen molar-refractivity contribution in [1.82, 2.24) is 9.88 Å². The molecule has 1 N–H and O–H groups in total. The fourth-order valence-corrected chi connectivity index (χ4v) is 2.54. The molecule has 0 unspecified atom stereocenters. The Bertz CT molecular complexity index is 580. The summed E-state index contributed by atoms with van der Waals surface area (Å²) in [5, 5.41) is 2.92. The minimum atomic E-state index is -0.0680. The molecular weight excluding hydrogens is 407 g/mol. The Morgan fingerprint density at radius 2 is 2.22 bits per heavy atom. The Kier molecular flexibility index (Phi) is 4.45. The predicted octanol–water partition coefficient (Wildman–Crippen LogP) is 3.32. The lowest BCUT2D eigenvalue weighted by molar-refractivity contribution is 0.0949. The summed E-state index contributed by atoms with van der Waals surface area (Å²) in [4.78, 5) is 12.1. The molecule has 18 heavy (non-hydrogen) atoms. The SMILES string of the molecule is Cn1cccc1CNC(=O)c1cc(I)ccc1Br. The molecule has 1 amide bonds. The van der Waals surface area contributed by atoms with Gasteiger partial charge in [0.1, 0.15) is 0 Å². The third-order valence-electron chi connectivity index (χ3n) is 2.65. The molecule has 1 aromatic heterocycles.